The number of nitrogens with zero attached hydrogens (tertiary/aromatic N) is 1. The van der Waals surface area contributed by atoms with Crippen molar-refractivity contribution >= 4 is 27.1 Å². The lowest BCUT2D eigenvalue weighted by atomic mass is 10.2. The van der Waals surface area contributed by atoms with Crippen LogP contribution in [-0.2, 0) is 0 Å². The molecule has 0 saturated carbocycles. The topological polar surface area (TPSA) is 94.4 Å². The van der Waals surface area contributed by atoms with Crippen LogP contribution in [-0.4, -0.2) is 19.9 Å². The zero-order valence-corrected chi connectivity index (χ0v) is 10.8. The number of aromatic amines is 3. The van der Waals surface area contributed by atoms with Gasteiger partial charge in [-0.1, -0.05) is 15.9 Å². The van der Waals surface area contributed by atoms with Crippen LogP contribution in [0, 0.1) is 5.82 Å². The van der Waals surface area contributed by atoms with Gasteiger partial charge in [-0.15, -0.1) is 0 Å². The molecule has 0 bridgehead atoms. The van der Waals surface area contributed by atoms with Crippen LogP contribution >= 0.6 is 15.9 Å². The summed E-state index contributed by atoms with van der Waals surface area (Å²) in [6, 6.07) is 4.46. The Labute approximate surface area is 112 Å². The number of fused-ring (bicyclic) bond motifs is 1. The van der Waals surface area contributed by atoms with E-state index in [9.17, 15) is 14.0 Å². The predicted molar refractivity (Wildman–Crippen MR) is 70.4 cm³/mol. The SMILES string of the molecule is O=c1[nH]c(=O)c2[nH]c(-c3ccc(Br)cc3F)nc2[nH]1. The van der Waals surface area contributed by atoms with Gasteiger partial charge in [-0.2, -0.15) is 0 Å². The summed E-state index contributed by atoms with van der Waals surface area (Å²) in [5, 5.41) is 0. The standard InChI is InChI=1S/C11H6BrFN4O2/c12-4-1-2-5(6(13)3-4)8-14-7-9(15-8)16-11(19)17-10(7)18/h1-3H,(H3,14,15,16,17,18,19). The van der Waals surface area contributed by atoms with E-state index in [2.05, 4.69) is 35.9 Å². The first-order valence-corrected chi connectivity index (χ1v) is 6.01. The molecular weight excluding hydrogens is 319 g/mol. The molecule has 0 saturated heterocycles. The Hall–Kier alpha value is -2.22. The molecule has 0 aliphatic heterocycles. The smallest absolute Gasteiger partial charge is 0.327 e. The zero-order valence-electron chi connectivity index (χ0n) is 9.25. The number of hydrogen-bond acceptors (Lipinski definition) is 3. The predicted octanol–water partition coefficient (Wildman–Crippen LogP) is 1.51. The Morgan fingerprint density at radius 1 is 1.16 bits per heavy atom. The molecule has 19 heavy (non-hydrogen) atoms. The second-order valence-electron chi connectivity index (χ2n) is 3.84. The van der Waals surface area contributed by atoms with E-state index in [0.29, 0.717) is 4.47 Å². The van der Waals surface area contributed by atoms with Gasteiger partial charge in [0.2, 0.25) is 0 Å². The van der Waals surface area contributed by atoms with E-state index in [1.165, 1.54) is 12.1 Å². The minimum absolute atomic E-state index is 0.0890. The molecule has 2 heterocycles. The highest BCUT2D eigenvalue weighted by molar-refractivity contribution is 9.10. The molecule has 0 aliphatic rings. The number of halogens is 2. The minimum Gasteiger partial charge on any atom is -0.332 e. The number of imidazole rings is 1. The molecule has 1 aromatic carbocycles. The molecule has 8 heteroatoms. The van der Waals surface area contributed by atoms with Crippen LogP contribution in [0.3, 0.4) is 0 Å². The van der Waals surface area contributed by atoms with Crippen molar-refractivity contribution in [3.8, 4) is 11.4 Å². The van der Waals surface area contributed by atoms with Gasteiger partial charge in [-0.25, -0.2) is 14.2 Å². The minimum atomic E-state index is -0.660. The van der Waals surface area contributed by atoms with E-state index in [-0.39, 0.29) is 22.6 Å². The van der Waals surface area contributed by atoms with Crippen LogP contribution in [0.25, 0.3) is 22.6 Å². The Morgan fingerprint density at radius 3 is 2.68 bits per heavy atom. The Bertz CT molecular complexity index is 896. The van der Waals surface area contributed by atoms with Gasteiger partial charge in [0.1, 0.15) is 17.2 Å². The summed E-state index contributed by atoms with van der Waals surface area (Å²) in [5.74, 6) is -0.320. The van der Waals surface area contributed by atoms with Crippen molar-refractivity contribution in [2.75, 3.05) is 0 Å². The summed E-state index contributed by atoms with van der Waals surface area (Å²) in [5.41, 5.74) is -0.871. The van der Waals surface area contributed by atoms with Gasteiger partial charge in [0.15, 0.2) is 5.65 Å². The van der Waals surface area contributed by atoms with Gasteiger partial charge >= 0.3 is 5.69 Å². The number of rotatable bonds is 1. The van der Waals surface area contributed by atoms with Crippen molar-refractivity contribution in [1.82, 2.24) is 19.9 Å². The molecule has 0 unspecified atom stereocenters. The molecule has 2 aromatic heterocycles. The van der Waals surface area contributed by atoms with Crippen LogP contribution in [0.1, 0.15) is 0 Å². The molecule has 3 aromatic rings. The third-order valence-electron chi connectivity index (χ3n) is 2.58. The van der Waals surface area contributed by atoms with Crippen molar-refractivity contribution in [2.24, 2.45) is 0 Å². The molecule has 0 fully saturated rings. The average molecular weight is 325 g/mol. The second kappa shape index (κ2) is 4.16. The maximum absolute atomic E-state index is 13.8. The van der Waals surface area contributed by atoms with E-state index in [1.807, 2.05) is 0 Å². The lowest BCUT2D eigenvalue weighted by molar-refractivity contribution is 0.629. The summed E-state index contributed by atoms with van der Waals surface area (Å²) in [6.07, 6.45) is 0. The third-order valence-corrected chi connectivity index (χ3v) is 3.07. The summed E-state index contributed by atoms with van der Waals surface area (Å²) in [4.78, 5) is 33.8. The van der Waals surface area contributed by atoms with Crippen LogP contribution in [0.4, 0.5) is 4.39 Å². The van der Waals surface area contributed by atoms with E-state index in [1.54, 1.807) is 6.07 Å². The Morgan fingerprint density at radius 2 is 1.95 bits per heavy atom. The van der Waals surface area contributed by atoms with E-state index < -0.39 is 17.1 Å². The van der Waals surface area contributed by atoms with Gasteiger partial charge in [0.05, 0.1) is 5.56 Å². The van der Waals surface area contributed by atoms with Gasteiger partial charge in [-0.05, 0) is 18.2 Å². The maximum atomic E-state index is 13.8. The highest BCUT2D eigenvalue weighted by Crippen LogP contribution is 2.23. The molecule has 3 rings (SSSR count). The average Bonchev–Trinajstić information content (AvgIpc) is 2.72. The molecule has 0 amide bonds. The Balaban J connectivity index is 2.29. The number of benzene rings is 1. The summed E-state index contributed by atoms with van der Waals surface area (Å²) in [7, 11) is 0. The van der Waals surface area contributed by atoms with Crippen LogP contribution in [0.15, 0.2) is 32.3 Å². The highest BCUT2D eigenvalue weighted by Gasteiger charge is 2.12. The molecule has 0 spiro atoms. The second-order valence-corrected chi connectivity index (χ2v) is 4.76. The van der Waals surface area contributed by atoms with Crippen molar-refractivity contribution < 1.29 is 4.39 Å². The Kier molecular flexibility index (Phi) is 2.59. The van der Waals surface area contributed by atoms with Crippen molar-refractivity contribution in [2.45, 2.75) is 0 Å². The monoisotopic (exact) mass is 324 g/mol. The number of aromatic nitrogens is 4. The van der Waals surface area contributed by atoms with Gasteiger partial charge in [0, 0.05) is 4.47 Å². The fraction of sp³-hybridized carbons (Fsp3) is 0. The maximum Gasteiger partial charge on any atom is 0.327 e. The molecule has 0 radical (unpaired) electrons. The molecule has 0 aliphatic carbocycles. The van der Waals surface area contributed by atoms with E-state index in [4.69, 9.17) is 0 Å². The molecule has 0 atom stereocenters. The fourth-order valence-electron chi connectivity index (χ4n) is 1.74. The van der Waals surface area contributed by atoms with Gasteiger partial charge < -0.3 is 4.98 Å². The summed E-state index contributed by atoms with van der Waals surface area (Å²) < 4.78 is 14.4. The van der Waals surface area contributed by atoms with Gasteiger partial charge in [0.25, 0.3) is 5.56 Å². The van der Waals surface area contributed by atoms with Crippen LogP contribution < -0.4 is 11.2 Å². The third kappa shape index (κ3) is 1.99. The number of hydrogen-bond donors (Lipinski definition) is 3. The normalized spacial score (nSPS) is 11.1. The quantitative estimate of drug-likeness (QED) is 0.633. The zero-order chi connectivity index (χ0) is 13.6. The first-order valence-electron chi connectivity index (χ1n) is 5.22. The van der Waals surface area contributed by atoms with Gasteiger partial charge in [-0.3, -0.25) is 14.8 Å². The molecule has 96 valence electrons. The first kappa shape index (κ1) is 11.8. The van der Waals surface area contributed by atoms with E-state index in [0.717, 1.165) is 0 Å². The highest BCUT2D eigenvalue weighted by atomic mass is 79.9. The number of nitrogens with one attached hydrogen (secondary N) is 3. The lowest BCUT2D eigenvalue weighted by Gasteiger charge is -1.99. The van der Waals surface area contributed by atoms with Crippen LogP contribution in [0.5, 0.6) is 0 Å². The lowest BCUT2D eigenvalue weighted by Crippen LogP contribution is -2.21. The number of H-pyrrole nitrogens is 3. The fourth-order valence-corrected chi connectivity index (χ4v) is 2.07. The molecule has 6 nitrogen and oxygen atoms in total. The molecular formula is C11H6BrFN4O2. The summed E-state index contributed by atoms with van der Waals surface area (Å²) >= 11 is 3.15. The first-order chi connectivity index (χ1) is 9.04. The van der Waals surface area contributed by atoms with Crippen molar-refractivity contribution in [3.05, 3.63) is 49.3 Å². The summed E-state index contributed by atoms with van der Waals surface area (Å²) in [6.45, 7) is 0. The van der Waals surface area contributed by atoms with E-state index >= 15 is 0 Å². The molecule has 3 N–H and O–H groups in total. The largest absolute Gasteiger partial charge is 0.332 e. The van der Waals surface area contributed by atoms with Crippen molar-refractivity contribution in [1.29, 1.82) is 0 Å². The van der Waals surface area contributed by atoms with Crippen molar-refractivity contribution in [3.63, 3.8) is 0 Å². The van der Waals surface area contributed by atoms with Crippen LogP contribution in [0.2, 0.25) is 0 Å².